The number of amides is 1. The number of carbonyl (C=O) groups is 1. The molecule has 1 aliphatic carbocycles. The molecule has 2 aliphatic rings. The number of hydrogen-bond donors (Lipinski definition) is 2. The van der Waals surface area contributed by atoms with Gasteiger partial charge in [0.1, 0.15) is 5.82 Å². The molecule has 0 radical (unpaired) electrons. The Morgan fingerprint density at radius 2 is 1.96 bits per heavy atom. The average molecular weight is 312 g/mol. The minimum atomic E-state index is -0.117. The predicted molar refractivity (Wildman–Crippen MR) is 89.1 cm³/mol. The molecule has 120 valence electrons. The molecule has 0 spiro atoms. The number of rotatable bonds is 1. The van der Waals surface area contributed by atoms with E-state index in [2.05, 4.69) is 20.2 Å². The number of aliphatic hydroxyl groups excluding tert-OH is 1. The summed E-state index contributed by atoms with van der Waals surface area (Å²) in [5.41, 5.74) is 2.42. The Morgan fingerprint density at radius 3 is 2.65 bits per heavy atom. The third-order valence-corrected chi connectivity index (χ3v) is 3.78. The molecule has 6 nitrogen and oxygen atoms in total. The molecule has 6 heteroatoms. The van der Waals surface area contributed by atoms with Gasteiger partial charge in [0.15, 0.2) is 5.82 Å². The highest BCUT2D eigenvalue weighted by Gasteiger charge is 2.37. The molecule has 1 fully saturated rings. The van der Waals surface area contributed by atoms with E-state index in [1.54, 1.807) is 25.4 Å². The Hall–Kier alpha value is -2.47. The molecular formula is C17H20N4O2. The lowest BCUT2D eigenvalue weighted by molar-refractivity contribution is 0.102. The molecular weight excluding hydrogens is 292 g/mol. The fourth-order valence-electron chi connectivity index (χ4n) is 2.61. The number of nitrogens with one attached hydrogen (secondary N) is 1. The van der Waals surface area contributed by atoms with Gasteiger partial charge in [0, 0.05) is 25.0 Å². The number of anilines is 3. The van der Waals surface area contributed by atoms with Crippen LogP contribution in [0.5, 0.6) is 0 Å². The minimum Gasteiger partial charge on any atom is -0.397 e. The molecule has 2 aromatic rings. The van der Waals surface area contributed by atoms with Gasteiger partial charge >= 0.3 is 0 Å². The van der Waals surface area contributed by atoms with Crippen LogP contribution in [0.3, 0.4) is 0 Å². The van der Waals surface area contributed by atoms with Gasteiger partial charge in [-0.05, 0) is 50.5 Å². The summed E-state index contributed by atoms with van der Waals surface area (Å²) >= 11 is 0. The van der Waals surface area contributed by atoms with Crippen LogP contribution in [0.15, 0.2) is 30.6 Å². The van der Waals surface area contributed by atoms with Gasteiger partial charge in [-0.3, -0.25) is 4.79 Å². The number of aliphatic hydroxyl groups is 1. The monoisotopic (exact) mass is 312 g/mol. The van der Waals surface area contributed by atoms with E-state index >= 15 is 0 Å². The lowest BCUT2D eigenvalue weighted by Gasteiger charge is -2.23. The fraction of sp³-hybridized carbons (Fsp3) is 0.353. The summed E-state index contributed by atoms with van der Waals surface area (Å²) in [6.07, 6.45) is 5.73. The van der Waals surface area contributed by atoms with Crippen molar-refractivity contribution in [1.82, 2.24) is 9.97 Å². The van der Waals surface area contributed by atoms with Crippen LogP contribution in [0.25, 0.3) is 0 Å². The zero-order chi connectivity index (χ0) is 16.4. The second kappa shape index (κ2) is 6.34. The highest BCUT2D eigenvalue weighted by molar-refractivity contribution is 6.11. The summed E-state index contributed by atoms with van der Waals surface area (Å²) in [7, 11) is 0. The summed E-state index contributed by atoms with van der Waals surface area (Å²) in [5, 5.41) is 10.5. The quantitative estimate of drug-likeness (QED) is 0.846. The minimum absolute atomic E-state index is 0.117. The molecule has 2 N–H and O–H groups in total. The van der Waals surface area contributed by atoms with Crippen LogP contribution in [0.4, 0.5) is 17.3 Å². The van der Waals surface area contributed by atoms with E-state index in [0.717, 1.165) is 29.9 Å². The second-order valence-electron chi connectivity index (χ2n) is 5.57. The molecule has 3 heterocycles. The fourth-order valence-corrected chi connectivity index (χ4v) is 2.61. The topological polar surface area (TPSA) is 78.4 Å². The lowest BCUT2D eigenvalue weighted by Crippen LogP contribution is -2.22. The zero-order valence-electron chi connectivity index (χ0n) is 13.3. The molecule has 1 amide bonds. The average Bonchev–Trinajstić information content (AvgIpc) is 3.36. The third-order valence-electron chi connectivity index (χ3n) is 3.78. The Labute approximate surface area is 135 Å². The van der Waals surface area contributed by atoms with Crippen molar-refractivity contribution >= 4 is 23.2 Å². The summed E-state index contributed by atoms with van der Waals surface area (Å²) < 4.78 is 0. The Morgan fingerprint density at radius 1 is 1.26 bits per heavy atom. The standard InChI is InChI=1S/C15H14N4O.C2H6O/c1-9-6-8-17-14-12(9)18-15(20)11-3-2-7-16-13(11)19(14)10-4-5-10;1-2-3/h2-3,6-8,10H,4-5H2,1H3,(H,18,20);3H,2H2,1H3. The molecule has 0 aromatic carbocycles. The number of pyridine rings is 2. The maximum Gasteiger partial charge on any atom is 0.259 e. The highest BCUT2D eigenvalue weighted by Crippen LogP contribution is 2.43. The number of fused-ring (bicyclic) bond motifs is 2. The lowest BCUT2D eigenvalue weighted by atomic mass is 10.2. The zero-order valence-corrected chi connectivity index (χ0v) is 13.3. The number of aryl methyl sites for hydroxylation is 1. The first-order valence-electron chi connectivity index (χ1n) is 7.79. The highest BCUT2D eigenvalue weighted by atomic mass is 16.2. The first-order valence-corrected chi connectivity index (χ1v) is 7.79. The van der Waals surface area contributed by atoms with Crippen LogP contribution < -0.4 is 10.2 Å². The van der Waals surface area contributed by atoms with Crippen LogP contribution >= 0.6 is 0 Å². The summed E-state index contributed by atoms with van der Waals surface area (Å²) in [6.45, 7) is 3.91. The van der Waals surface area contributed by atoms with Crippen LogP contribution in [-0.2, 0) is 0 Å². The number of nitrogens with zero attached hydrogens (tertiary/aromatic N) is 3. The van der Waals surface area contributed by atoms with E-state index in [1.165, 1.54) is 0 Å². The van der Waals surface area contributed by atoms with E-state index in [1.807, 2.05) is 19.1 Å². The van der Waals surface area contributed by atoms with Crippen LogP contribution in [-0.4, -0.2) is 33.6 Å². The first-order chi connectivity index (χ1) is 11.2. The third kappa shape index (κ3) is 2.90. The Kier molecular flexibility index (Phi) is 4.25. The molecule has 2 aromatic heterocycles. The van der Waals surface area contributed by atoms with E-state index in [9.17, 15) is 4.79 Å². The normalized spacial score (nSPS) is 15.6. The van der Waals surface area contributed by atoms with Crippen molar-refractivity contribution in [2.75, 3.05) is 16.8 Å². The SMILES string of the molecule is CCO.Cc1ccnc2c1NC(=O)c1cccnc1N2C1CC1. The van der Waals surface area contributed by atoms with E-state index < -0.39 is 0 Å². The van der Waals surface area contributed by atoms with Crippen LogP contribution in [0, 0.1) is 6.92 Å². The van der Waals surface area contributed by atoms with Gasteiger partial charge in [-0.2, -0.15) is 0 Å². The van der Waals surface area contributed by atoms with E-state index in [-0.39, 0.29) is 12.5 Å². The molecule has 23 heavy (non-hydrogen) atoms. The van der Waals surface area contributed by atoms with Crippen molar-refractivity contribution in [1.29, 1.82) is 0 Å². The smallest absolute Gasteiger partial charge is 0.259 e. The van der Waals surface area contributed by atoms with Crippen molar-refractivity contribution < 1.29 is 9.90 Å². The molecule has 0 saturated heterocycles. The molecule has 0 bridgehead atoms. The van der Waals surface area contributed by atoms with Gasteiger partial charge in [0.2, 0.25) is 0 Å². The van der Waals surface area contributed by atoms with Crippen molar-refractivity contribution in [2.45, 2.75) is 32.7 Å². The molecule has 1 aliphatic heterocycles. The molecule has 0 unspecified atom stereocenters. The predicted octanol–water partition coefficient (Wildman–Crippen LogP) is 2.65. The Bertz CT molecular complexity index is 728. The summed E-state index contributed by atoms with van der Waals surface area (Å²) in [5.74, 6) is 1.40. The maximum atomic E-state index is 12.4. The Balaban J connectivity index is 0.000000485. The second-order valence-corrected chi connectivity index (χ2v) is 5.57. The van der Waals surface area contributed by atoms with Crippen molar-refractivity contribution in [2.24, 2.45) is 0 Å². The number of hydrogen-bond acceptors (Lipinski definition) is 5. The van der Waals surface area contributed by atoms with Gasteiger partial charge in [0.05, 0.1) is 11.3 Å². The first kappa shape index (κ1) is 15.4. The summed E-state index contributed by atoms with van der Waals surface area (Å²) in [6, 6.07) is 5.91. The van der Waals surface area contributed by atoms with Gasteiger partial charge in [-0.15, -0.1) is 0 Å². The van der Waals surface area contributed by atoms with Gasteiger partial charge in [0.25, 0.3) is 5.91 Å². The van der Waals surface area contributed by atoms with Gasteiger partial charge in [-0.25, -0.2) is 9.97 Å². The molecule has 1 saturated carbocycles. The number of carbonyl (C=O) groups excluding carboxylic acids is 1. The largest absolute Gasteiger partial charge is 0.397 e. The van der Waals surface area contributed by atoms with Crippen molar-refractivity contribution in [3.8, 4) is 0 Å². The van der Waals surface area contributed by atoms with Crippen molar-refractivity contribution in [3.63, 3.8) is 0 Å². The van der Waals surface area contributed by atoms with Gasteiger partial charge < -0.3 is 15.3 Å². The van der Waals surface area contributed by atoms with Crippen LogP contribution in [0.1, 0.15) is 35.7 Å². The van der Waals surface area contributed by atoms with Crippen LogP contribution in [0.2, 0.25) is 0 Å². The molecule has 0 atom stereocenters. The molecule has 4 rings (SSSR count). The van der Waals surface area contributed by atoms with E-state index in [4.69, 9.17) is 5.11 Å². The van der Waals surface area contributed by atoms with Gasteiger partial charge in [-0.1, -0.05) is 0 Å². The summed E-state index contributed by atoms with van der Waals surface area (Å²) in [4.78, 5) is 23.4. The van der Waals surface area contributed by atoms with Crippen molar-refractivity contribution in [3.05, 3.63) is 41.7 Å². The maximum absolute atomic E-state index is 12.4. The van der Waals surface area contributed by atoms with E-state index in [0.29, 0.717) is 17.4 Å². The number of aromatic nitrogens is 2.